The summed E-state index contributed by atoms with van der Waals surface area (Å²) in [6, 6.07) is 13.9. The molecule has 0 aliphatic rings. The first kappa shape index (κ1) is 14.5. The minimum atomic E-state index is 0.0604. The number of H-pyrrole nitrogens is 1. The molecule has 0 unspecified atom stereocenters. The fourth-order valence-electron chi connectivity index (χ4n) is 2.20. The Kier molecular flexibility index (Phi) is 4.65. The Labute approximate surface area is 133 Å². The minimum absolute atomic E-state index is 0.0604. The zero-order valence-corrected chi connectivity index (χ0v) is 12.9. The Morgan fingerprint density at radius 3 is 2.82 bits per heavy atom. The summed E-state index contributed by atoms with van der Waals surface area (Å²) in [7, 11) is 0. The van der Waals surface area contributed by atoms with Crippen molar-refractivity contribution in [2.75, 3.05) is 6.54 Å². The normalized spacial score (nSPS) is 10.5. The molecule has 2 N–H and O–H groups in total. The monoisotopic (exact) mass is 311 g/mol. The van der Waals surface area contributed by atoms with E-state index in [1.54, 1.807) is 11.3 Å². The SMILES string of the molecule is O=C(Cc1cccs1)NCCc1cnc(-c2ccccc2)[nH]1. The first-order valence-electron chi connectivity index (χ1n) is 7.19. The van der Waals surface area contributed by atoms with Crippen LogP contribution in [-0.2, 0) is 17.6 Å². The fourth-order valence-corrected chi connectivity index (χ4v) is 2.90. The number of rotatable bonds is 6. The molecule has 2 heterocycles. The molecule has 0 aliphatic carbocycles. The van der Waals surface area contributed by atoms with Crippen LogP contribution < -0.4 is 5.32 Å². The Hall–Kier alpha value is -2.40. The Balaban J connectivity index is 1.48. The molecule has 3 rings (SSSR count). The van der Waals surface area contributed by atoms with E-state index < -0.39 is 0 Å². The molecule has 4 nitrogen and oxygen atoms in total. The second kappa shape index (κ2) is 7.04. The molecule has 0 bridgehead atoms. The topological polar surface area (TPSA) is 57.8 Å². The van der Waals surface area contributed by atoms with Crippen molar-refractivity contribution in [2.45, 2.75) is 12.8 Å². The average molecular weight is 311 g/mol. The molecule has 1 aromatic carbocycles. The van der Waals surface area contributed by atoms with Gasteiger partial charge in [-0.15, -0.1) is 11.3 Å². The van der Waals surface area contributed by atoms with Crippen molar-refractivity contribution in [1.82, 2.24) is 15.3 Å². The lowest BCUT2D eigenvalue weighted by atomic mass is 10.2. The van der Waals surface area contributed by atoms with Gasteiger partial charge in [-0.2, -0.15) is 0 Å². The molecule has 0 aliphatic heterocycles. The van der Waals surface area contributed by atoms with Crippen LogP contribution in [0.4, 0.5) is 0 Å². The lowest BCUT2D eigenvalue weighted by molar-refractivity contribution is -0.120. The van der Waals surface area contributed by atoms with Gasteiger partial charge in [0.25, 0.3) is 0 Å². The van der Waals surface area contributed by atoms with Crippen LogP contribution in [0.3, 0.4) is 0 Å². The smallest absolute Gasteiger partial charge is 0.225 e. The lowest BCUT2D eigenvalue weighted by Crippen LogP contribution is -2.27. The average Bonchev–Trinajstić information content (AvgIpc) is 3.20. The summed E-state index contributed by atoms with van der Waals surface area (Å²) in [6.45, 7) is 0.612. The van der Waals surface area contributed by atoms with Crippen LogP contribution in [0.2, 0.25) is 0 Å². The van der Waals surface area contributed by atoms with Gasteiger partial charge in [0.1, 0.15) is 5.82 Å². The van der Waals surface area contributed by atoms with Crippen LogP contribution in [0.25, 0.3) is 11.4 Å². The number of aromatic nitrogens is 2. The van der Waals surface area contributed by atoms with E-state index in [4.69, 9.17) is 0 Å². The standard InChI is InChI=1S/C17H17N3OS/c21-16(11-15-7-4-10-22-15)18-9-8-14-12-19-17(20-14)13-5-2-1-3-6-13/h1-7,10,12H,8-9,11H2,(H,18,21)(H,19,20). The highest BCUT2D eigenvalue weighted by Gasteiger charge is 2.05. The number of imidazole rings is 1. The molecule has 0 spiro atoms. The summed E-state index contributed by atoms with van der Waals surface area (Å²) >= 11 is 1.61. The maximum Gasteiger partial charge on any atom is 0.225 e. The molecule has 1 amide bonds. The number of aromatic amines is 1. The molecule has 2 aromatic heterocycles. The zero-order valence-electron chi connectivity index (χ0n) is 12.1. The van der Waals surface area contributed by atoms with E-state index in [1.807, 2.05) is 54.0 Å². The predicted molar refractivity (Wildman–Crippen MR) is 88.8 cm³/mol. The highest BCUT2D eigenvalue weighted by molar-refractivity contribution is 7.10. The van der Waals surface area contributed by atoms with Gasteiger partial charge in [0.15, 0.2) is 0 Å². The van der Waals surface area contributed by atoms with Crippen molar-refractivity contribution in [2.24, 2.45) is 0 Å². The summed E-state index contributed by atoms with van der Waals surface area (Å²) in [4.78, 5) is 20.6. The fraction of sp³-hybridized carbons (Fsp3) is 0.176. The van der Waals surface area contributed by atoms with Crippen molar-refractivity contribution in [3.63, 3.8) is 0 Å². The summed E-state index contributed by atoms with van der Waals surface area (Å²) in [6.07, 6.45) is 3.03. The van der Waals surface area contributed by atoms with Crippen molar-refractivity contribution in [3.05, 3.63) is 64.6 Å². The first-order chi connectivity index (χ1) is 10.8. The van der Waals surface area contributed by atoms with Gasteiger partial charge in [-0.25, -0.2) is 4.98 Å². The van der Waals surface area contributed by atoms with Gasteiger partial charge in [-0.1, -0.05) is 36.4 Å². The molecule has 0 fully saturated rings. The van der Waals surface area contributed by atoms with E-state index in [-0.39, 0.29) is 5.91 Å². The van der Waals surface area contributed by atoms with Gasteiger partial charge in [-0.3, -0.25) is 4.79 Å². The molecule has 0 radical (unpaired) electrons. The second-order valence-electron chi connectivity index (χ2n) is 4.98. The molecule has 0 saturated heterocycles. The van der Waals surface area contributed by atoms with Crippen LogP contribution in [0.1, 0.15) is 10.6 Å². The third-order valence-electron chi connectivity index (χ3n) is 3.31. The molecule has 22 heavy (non-hydrogen) atoms. The number of carbonyl (C=O) groups excluding carboxylic acids is 1. The third kappa shape index (κ3) is 3.83. The van der Waals surface area contributed by atoms with E-state index >= 15 is 0 Å². The number of thiophene rings is 1. The number of amides is 1. The molecule has 5 heteroatoms. The lowest BCUT2D eigenvalue weighted by Gasteiger charge is -2.03. The number of hydrogen-bond donors (Lipinski definition) is 2. The summed E-state index contributed by atoms with van der Waals surface area (Å²) in [5.41, 5.74) is 2.09. The Bertz CT molecular complexity index is 719. The minimum Gasteiger partial charge on any atom is -0.355 e. The van der Waals surface area contributed by atoms with E-state index in [2.05, 4.69) is 15.3 Å². The number of benzene rings is 1. The molecule has 0 saturated carbocycles. The molecule has 112 valence electrons. The van der Waals surface area contributed by atoms with Crippen LogP contribution in [0, 0.1) is 0 Å². The maximum atomic E-state index is 11.8. The molecular formula is C17H17N3OS. The van der Waals surface area contributed by atoms with Gasteiger partial charge in [0.05, 0.1) is 6.42 Å². The summed E-state index contributed by atoms with van der Waals surface area (Å²) in [5, 5.41) is 4.92. The Morgan fingerprint density at radius 2 is 2.05 bits per heavy atom. The van der Waals surface area contributed by atoms with Gasteiger partial charge < -0.3 is 10.3 Å². The van der Waals surface area contributed by atoms with E-state index in [9.17, 15) is 4.79 Å². The number of nitrogens with zero attached hydrogens (tertiary/aromatic N) is 1. The molecule has 3 aromatic rings. The summed E-state index contributed by atoms with van der Waals surface area (Å²) in [5.74, 6) is 0.922. The van der Waals surface area contributed by atoms with E-state index in [1.165, 1.54) is 0 Å². The van der Waals surface area contributed by atoms with Gasteiger partial charge >= 0.3 is 0 Å². The van der Waals surface area contributed by atoms with Crippen molar-refractivity contribution in [3.8, 4) is 11.4 Å². The number of nitrogens with one attached hydrogen (secondary N) is 2. The Morgan fingerprint density at radius 1 is 1.18 bits per heavy atom. The van der Waals surface area contributed by atoms with Gasteiger partial charge in [0.2, 0.25) is 5.91 Å². The second-order valence-corrected chi connectivity index (χ2v) is 6.01. The quantitative estimate of drug-likeness (QED) is 0.735. The number of carbonyl (C=O) groups is 1. The van der Waals surface area contributed by atoms with Crippen molar-refractivity contribution < 1.29 is 4.79 Å². The molecular weight excluding hydrogens is 294 g/mol. The van der Waals surface area contributed by atoms with Crippen molar-refractivity contribution in [1.29, 1.82) is 0 Å². The number of hydrogen-bond acceptors (Lipinski definition) is 3. The zero-order chi connectivity index (χ0) is 15.2. The largest absolute Gasteiger partial charge is 0.355 e. The van der Waals surface area contributed by atoms with E-state index in [0.717, 1.165) is 28.4 Å². The van der Waals surface area contributed by atoms with Crippen LogP contribution in [-0.4, -0.2) is 22.4 Å². The van der Waals surface area contributed by atoms with Gasteiger partial charge in [-0.05, 0) is 11.4 Å². The summed E-state index contributed by atoms with van der Waals surface area (Å²) < 4.78 is 0. The van der Waals surface area contributed by atoms with Crippen LogP contribution in [0.15, 0.2) is 54.0 Å². The van der Waals surface area contributed by atoms with Gasteiger partial charge in [0, 0.05) is 35.3 Å². The maximum absolute atomic E-state index is 11.8. The highest BCUT2D eigenvalue weighted by Crippen LogP contribution is 2.14. The van der Waals surface area contributed by atoms with Crippen molar-refractivity contribution >= 4 is 17.2 Å². The third-order valence-corrected chi connectivity index (χ3v) is 4.18. The van der Waals surface area contributed by atoms with Crippen LogP contribution in [0.5, 0.6) is 0 Å². The molecule has 0 atom stereocenters. The highest BCUT2D eigenvalue weighted by atomic mass is 32.1. The van der Waals surface area contributed by atoms with Crippen LogP contribution >= 0.6 is 11.3 Å². The predicted octanol–water partition coefficient (Wildman–Crippen LogP) is 3.04. The van der Waals surface area contributed by atoms with E-state index in [0.29, 0.717) is 13.0 Å². The first-order valence-corrected chi connectivity index (χ1v) is 8.07.